The van der Waals surface area contributed by atoms with Gasteiger partial charge in [0.1, 0.15) is 5.78 Å². The lowest BCUT2D eigenvalue weighted by molar-refractivity contribution is -0.120. The maximum Gasteiger partial charge on any atom is 0.132 e. The van der Waals surface area contributed by atoms with Gasteiger partial charge in [-0.05, 0) is 33.6 Å². The number of carbonyl (C=O) groups excluding carboxylic acids is 1. The van der Waals surface area contributed by atoms with Gasteiger partial charge in [-0.2, -0.15) is 0 Å². The molecule has 0 radical (unpaired) electrons. The van der Waals surface area contributed by atoms with Crippen LogP contribution in [0, 0.1) is 5.92 Å². The summed E-state index contributed by atoms with van der Waals surface area (Å²) in [5.41, 5.74) is 1.33. The molecule has 11 heavy (non-hydrogen) atoms. The number of allylic oxidation sites excluding steroid dienone is 2. The van der Waals surface area contributed by atoms with Gasteiger partial charge in [-0.3, -0.25) is 4.79 Å². The minimum Gasteiger partial charge on any atom is -0.300 e. The van der Waals surface area contributed by atoms with Crippen molar-refractivity contribution in [2.24, 2.45) is 5.92 Å². The van der Waals surface area contributed by atoms with Crippen LogP contribution in [0.3, 0.4) is 0 Å². The SMILES string of the molecule is CC(=O)[C@H](C)CCC=C(C)C. The summed E-state index contributed by atoms with van der Waals surface area (Å²) in [6.45, 7) is 7.81. The van der Waals surface area contributed by atoms with Crippen molar-refractivity contribution in [2.45, 2.75) is 40.5 Å². The fourth-order valence-corrected chi connectivity index (χ4v) is 0.825. The standard InChI is InChI=1S/C10H18O/c1-8(2)6-5-7-9(3)10(4)11/h6,9H,5,7H2,1-4H3/t9-/m1/s1. The molecule has 0 saturated heterocycles. The van der Waals surface area contributed by atoms with Crippen LogP contribution in [0.1, 0.15) is 40.5 Å². The van der Waals surface area contributed by atoms with Gasteiger partial charge >= 0.3 is 0 Å². The lowest BCUT2D eigenvalue weighted by Gasteiger charge is -2.03. The molecule has 0 aromatic heterocycles. The Kier molecular flexibility index (Phi) is 4.84. The highest BCUT2D eigenvalue weighted by atomic mass is 16.1. The topological polar surface area (TPSA) is 17.1 Å². The summed E-state index contributed by atoms with van der Waals surface area (Å²) >= 11 is 0. The summed E-state index contributed by atoms with van der Waals surface area (Å²) in [4.78, 5) is 10.8. The molecular weight excluding hydrogens is 136 g/mol. The maximum absolute atomic E-state index is 10.8. The van der Waals surface area contributed by atoms with Crippen LogP contribution in [-0.2, 0) is 4.79 Å². The molecule has 1 heteroatoms. The molecule has 0 amide bonds. The van der Waals surface area contributed by atoms with Gasteiger partial charge in [-0.1, -0.05) is 18.6 Å². The third-order valence-corrected chi connectivity index (χ3v) is 1.85. The average molecular weight is 154 g/mol. The zero-order valence-electron chi connectivity index (χ0n) is 7.98. The van der Waals surface area contributed by atoms with Crippen LogP contribution in [0.5, 0.6) is 0 Å². The molecule has 0 aromatic rings. The monoisotopic (exact) mass is 154 g/mol. The van der Waals surface area contributed by atoms with E-state index >= 15 is 0 Å². The maximum atomic E-state index is 10.8. The van der Waals surface area contributed by atoms with Gasteiger partial charge in [0, 0.05) is 5.92 Å². The molecule has 1 atom stereocenters. The number of hydrogen-bond acceptors (Lipinski definition) is 1. The predicted molar refractivity (Wildman–Crippen MR) is 48.5 cm³/mol. The van der Waals surface area contributed by atoms with E-state index in [2.05, 4.69) is 19.9 Å². The van der Waals surface area contributed by atoms with Gasteiger partial charge in [-0.25, -0.2) is 0 Å². The van der Waals surface area contributed by atoms with E-state index in [9.17, 15) is 4.79 Å². The first-order valence-electron chi connectivity index (χ1n) is 4.18. The second-order valence-corrected chi connectivity index (χ2v) is 3.37. The Morgan fingerprint density at radius 1 is 1.36 bits per heavy atom. The van der Waals surface area contributed by atoms with Gasteiger partial charge < -0.3 is 0 Å². The van der Waals surface area contributed by atoms with Gasteiger partial charge in [0.2, 0.25) is 0 Å². The molecule has 0 bridgehead atoms. The highest BCUT2D eigenvalue weighted by molar-refractivity contribution is 5.77. The quantitative estimate of drug-likeness (QED) is 0.569. The third kappa shape index (κ3) is 5.84. The Morgan fingerprint density at radius 2 is 1.91 bits per heavy atom. The fourth-order valence-electron chi connectivity index (χ4n) is 0.825. The van der Waals surface area contributed by atoms with E-state index < -0.39 is 0 Å². The second-order valence-electron chi connectivity index (χ2n) is 3.37. The Balaban J connectivity index is 3.55. The Hall–Kier alpha value is -0.590. The molecular formula is C10H18O. The molecule has 0 aliphatic heterocycles. The number of Topliss-reactive ketones (excluding diaryl/α,β-unsaturated/α-hetero) is 1. The van der Waals surface area contributed by atoms with E-state index in [4.69, 9.17) is 0 Å². The molecule has 0 aliphatic carbocycles. The summed E-state index contributed by atoms with van der Waals surface area (Å²) in [6, 6.07) is 0. The van der Waals surface area contributed by atoms with Crippen LogP contribution in [0.15, 0.2) is 11.6 Å². The molecule has 0 spiro atoms. The highest BCUT2D eigenvalue weighted by Crippen LogP contribution is 2.08. The molecule has 0 aromatic carbocycles. The first-order valence-corrected chi connectivity index (χ1v) is 4.18. The molecule has 0 heterocycles. The van der Waals surface area contributed by atoms with Crippen LogP contribution in [0.25, 0.3) is 0 Å². The van der Waals surface area contributed by atoms with Crippen molar-refractivity contribution < 1.29 is 4.79 Å². The first-order chi connectivity index (χ1) is 5.04. The van der Waals surface area contributed by atoms with Crippen molar-refractivity contribution in [3.63, 3.8) is 0 Å². The Bertz CT molecular complexity index is 152. The molecule has 0 N–H and O–H groups in total. The normalized spacial score (nSPS) is 12.4. The van der Waals surface area contributed by atoms with E-state index in [0.29, 0.717) is 5.78 Å². The average Bonchev–Trinajstić information content (AvgIpc) is 1.86. The fraction of sp³-hybridized carbons (Fsp3) is 0.700. The van der Waals surface area contributed by atoms with E-state index in [1.807, 2.05) is 6.92 Å². The Morgan fingerprint density at radius 3 is 2.27 bits per heavy atom. The van der Waals surface area contributed by atoms with Crippen LogP contribution < -0.4 is 0 Å². The van der Waals surface area contributed by atoms with Crippen LogP contribution in [-0.4, -0.2) is 5.78 Å². The van der Waals surface area contributed by atoms with Gasteiger partial charge in [-0.15, -0.1) is 0 Å². The summed E-state index contributed by atoms with van der Waals surface area (Å²) in [7, 11) is 0. The van der Waals surface area contributed by atoms with Crippen molar-refractivity contribution >= 4 is 5.78 Å². The summed E-state index contributed by atoms with van der Waals surface area (Å²) in [5, 5.41) is 0. The van der Waals surface area contributed by atoms with E-state index in [0.717, 1.165) is 12.8 Å². The predicted octanol–water partition coefficient (Wildman–Crippen LogP) is 2.96. The largest absolute Gasteiger partial charge is 0.300 e. The van der Waals surface area contributed by atoms with Gasteiger partial charge in [0.05, 0.1) is 0 Å². The second kappa shape index (κ2) is 5.11. The van der Waals surface area contributed by atoms with Crippen molar-refractivity contribution in [3.05, 3.63) is 11.6 Å². The van der Waals surface area contributed by atoms with Crippen molar-refractivity contribution in [1.82, 2.24) is 0 Å². The minimum atomic E-state index is 0.227. The van der Waals surface area contributed by atoms with Gasteiger partial charge in [0.15, 0.2) is 0 Å². The number of rotatable bonds is 4. The van der Waals surface area contributed by atoms with Crippen LogP contribution in [0.2, 0.25) is 0 Å². The molecule has 0 fully saturated rings. The zero-order chi connectivity index (χ0) is 8.85. The number of ketones is 1. The number of hydrogen-bond donors (Lipinski definition) is 0. The van der Waals surface area contributed by atoms with Crippen molar-refractivity contribution in [2.75, 3.05) is 0 Å². The lowest BCUT2D eigenvalue weighted by Crippen LogP contribution is -2.04. The van der Waals surface area contributed by atoms with Crippen molar-refractivity contribution in [1.29, 1.82) is 0 Å². The molecule has 0 unspecified atom stereocenters. The highest BCUT2D eigenvalue weighted by Gasteiger charge is 2.04. The zero-order valence-corrected chi connectivity index (χ0v) is 7.98. The minimum absolute atomic E-state index is 0.227. The summed E-state index contributed by atoms with van der Waals surface area (Å²) in [5.74, 6) is 0.526. The Labute approximate surface area is 69.5 Å². The smallest absolute Gasteiger partial charge is 0.132 e. The third-order valence-electron chi connectivity index (χ3n) is 1.85. The van der Waals surface area contributed by atoms with Crippen molar-refractivity contribution in [3.8, 4) is 0 Å². The molecule has 0 saturated carbocycles. The molecule has 1 nitrogen and oxygen atoms in total. The summed E-state index contributed by atoms with van der Waals surface area (Å²) < 4.78 is 0. The number of carbonyl (C=O) groups is 1. The van der Waals surface area contributed by atoms with E-state index in [-0.39, 0.29) is 5.92 Å². The van der Waals surface area contributed by atoms with E-state index in [1.54, 1.807) is 6.92 Å². The van der Waals surface area contributed by atoms with E-state index in [1.165, 1.54) is 5.57 Å². The molecule has 0 rings (SSSR count). The van der Waals surface area contributed by atoms with Crippen LogP contribution in [0.4, 0.5) is 0 Å². The van der Waals surface area contributed by atoms with Gasteiger partial charge in [0.25, 0.3) is 0 Å². The summed E-state index contributed by atoms with van der Waals surface area (Å²) in [6.07, 6.45) is 4.20. The molecule has 64 valence electrons. The van der Waals surface area contributed by atoms with Crippen LogP contribution >= 0.6 is 0 Å². The lowest BCUT2D eigenvalue weighted by atomic mass is 10.0. The first kappa shape index (κ1) is 10.4. The molecule has 0 aliphatic rings.